The highest BCUT2D eigenvalue weighted by Crippen LogP contribution is 2.15. The van der Waals surface area contributed by atoms with E-state index in [-0.39, 0.29) is 24.4 Å². The van der Waals surface area contributed by atoms with Crippen LogP contribution in [0.15, 0.2) is 59.5 Å². The fourth-order valence-electron chi connectivity index (χ4n) is 2.91. The Labute approximate surface area is 175 Å². The Kier molecular flexibility index (Phi) is 5.44. The first kappa shape index (κ1) is 20.2. The van der Waals surface area contributed by atoms with Gasteiger partial charge in [-0.05, 0) is 31.2 Å². The second-order valence-corrected chi connectivity index (χ2v) is 6.93. The molecule has 0 atom stereocenters. The zero-order valence-electron chi connectivity index (χ0n) is 16.5. The second-order valence-electron chi connectivity index (χ2n) is 6.93. The molecule has 0 saturated carbocycles. The summed E-state index contributed by atoms with van der Waals surface area (Å²) in [5.41, 5.74) is 1.55. The quantitative estimate of drug-likeness (QED) is 0.496. The van der Waals surface area contributed by atoms with Gasteiger partial charge < -0.3 is 10.6 Å². The molecule has 0 saturated heterocycles. The van der Waals surface area contributed by atoms with Crippen molar-refractivity contribution in [1.82, 2.24) is 24.5 Å². The van der Waals surface area contributed by atoms with Crippen LogP contribution in [0, 0.1) is 18.6 Å². The lowest BCUT2D eigenvalue weighted by atomic mass is 10.2. The van der Waals surface area contributed by atoms with Crippen LogP contribution in [0.3, 0.4) is 0 Å². The predicted octanol–water partition coefficient (Wildman–Crippen LogP) is 2.54. The third-order valence-corrected chi connectivity index (χ3v) is 4.56. The van der Waals surface area contributed by atoms with Crippen LogP contribution in [0.5, 0.6) is 0 Å². The summed E-state index contributed by atoms with van der Waals surface area (Å²) in [6.07, 6.45) is 1.51. The molecule has 0 spiro atoms. The van der Waals surface area contributed by atoms with Gasteiger partial charge in [0, 0.05) is 30.1 Å². The summed E-state index contributed by atoms with van der Waals surface area (Å²) in [4.78, 5) is 28.9. The first-order valence-electron chi connectivity index (χ1n) is 9.39. The zero-order chi connectivity index (χ0) is 22.0. The first-order chi connectivity index (χ1) is 14.9. The number of amides is 1. The fourth-order valence-corrected chi connectivity index (χ4v) is 2.91. The number of halogens is 2. The Bertz CT molecular complexity index is 1310. The van der Waals surface area contributed by atoms with Crippen molar-refractivity contribution in [2.45, 2.75) is 20.0 Å². The molecule has 0 aliphatic carbocycles. The molecule has 2 N–H and O–H groups in total. The number of rotatable bonds is 6. The highest BCUT2D eigenvalue weighted by atomic mass is 19.1. The molecule has 2 heterocycles. The summed E-state index contributed by atoms with van der Waals surface area (Å²) >= 11 is 0. The molecule has 0 fully saturated rings. The van der Waals surface area contributed by atoms with Crippen LogP contribution in [0.2, 0.25) is 0 Å². The number of carbonyl (C=O) groups excluding carboxylic acids is 1. The number of aryl methyl sites for hydroxylation is 1. The molecule has 158 valence electrons. The Balaban J connectivity index is 1.46. The Morgan fingerprint density at radius 2 is 1.87 bits per heavy atom. The third-order valence-electron chi connectivity index (χ3n) is 4.56. The molecule has 0 aliphatic rings. The van der Waals surface area contributed by atoms with Gasteiger partial charge >= 0.3 is 5.69 Å². The van der Waals surface area contributed by atoms with Crippen molar-refractivity contribution < 1.29 is 13.6 Å². The van der Waals surface area contributed by atoms with Crippen molar-refractivity contribution in [2.24, 2.45) is 0 Å². The maximum Gasteiger partial charge on any atom is 0.352 e. The number of hydrogen-bond acceptors (Lipinski definition) is 5. The topological polar surface area (TPSA) is 93.3 Å². The lowest BCUT2D eigenvalue weighted by Crippen LogP contribution is -2.32. The van der Waals surface area contributed by atoms with Crippen LogP contribution in [-0.2, 0) is 17.9 Å². The van der Waals surface area contributed by atoms with Crippen molar-refractivity contribution in [1.29, 1.82) is 0 Å². The molecule has 2 aromatic heterocycles. The largest absolute Gasteiger partial charge is 0.352 e. The van der Waals surface area contributed by atoms with Crippen molar-refractivity contribution >= 4 is 23.2 Å². The van der Waals surface area contributed by atoms with Gasteiger partial charge in [0.15, 0.2) is 0 Å². The first-order valence-corrected chi connectivity index (χ1v) is 9.39. The minimum atomic E-state index is -0.761. The molecule has 8 nitrogen and oxygen atoms in total. The highest BCUT2D eigenvalue weighted by molar-refractivity contribution is 5.75. The lowest BCUT2D eigenvalue weighted by molar-refractivity contribution is -0.122. The Hall–Kier alpha value is -4.08. The zero-order valence-corrected chi connectivity index (χ0v) is 16.5. The molecule has 0 aliphatic heterocycles. The average molecular weight is 424 g/mol. The summed E-state index contributed by atoms with van der Waals surface area (Å²) in [5.74, 6) is -1.40. The fraction of sp³-hybridized carbons (Fsp3) is 0.143. The van der Waals surface area contributed by atoms with Crippen LogP contribution < -0.4 is 16.3 Å². The third kappa shape index (κ3) is 4.58. The van der Waals surface area contributed by atoms with Gasteiger partial charge in [-0.25, -0.2) is 22.7 Å². The summed E-state index contributed by atoms with van der Waals surface area (Å²) in [5, 5.41) is 9.69. The van der Waals surface area contributed by atoms with E-state index in [4.69, 9.17) is 0 Å². The molecule has 4 aromatic rings. The monoisotopic (exact) mass is 424 g/mol. The lowest BCUT2D eigenvalue weighted by Gasteiger charge is -2.06. The van der Waals surface area contributed by atoms with Gasteiger partial charge in [0.25, 0.3) is 5.78 Å². The van der Waals surface area contributed by atoms with Crippen LogP contribution in [0.4, 0.5) is 20.3 Å². The predicted molar refractivity (Wildman–Crippen MR) is 110 cm³/mol. The Morgan fingerprint density at radius 3 is 2.61 bits per heavy atom. The molecular weight excluding hydrogens is 406 g/mol. The van der Waals surface area contributed by atoms with Crippen molar-refractivity contribution in [3.63, 3.8) is 0 Å². The second kappa shape index (κ2) is 8.34. The number of nitrogens with one attached hydrogen (secondary N) is 2. The molecular formula is C21H18F2N6O2. The maximum absolute atomic E-state index is 13.7. The molecule has 0 bridgehead atoms. The van der Waals surface area contributed by atoms with Gasteiger partial charge in [-0.2, -0.15) is 4.98 Å². The number of benzene rings is 2. The Morgan fingerprint density at radius 1 is 1.10 bits per heavy atom. The number of fused-ring (bicyclic) bond motifs is 1. The van der Waals surface area contributed by atoms with Crippen molar-refractivity contribution in [3.8, 4) is 0 Å². The van der Waals surface area contributed by atoms with Gasteiger partial charge in [-0.3, -0.25) is 4.79 Å². The number of carbonyl (C=O) groups is 1. The average Bonchev–Trinajstić information content (AvgIpc) is 3.04. The van der Waals surface area contributed by atoms with Crippen molar-refractivity contribution in [2.75, 3.05) is 5.32 Å². The highest BCUT2D eigenvalue weighted by Gasteiger charge is 2.13. The van der Waals surface area contributed by atoms with Gasteiger partial charge in [0.2, 0.25) is 5.91 Å². The van der Waals surface area contributed by atoms with E-state index in [0.29, 0.717) is 5.82 Å². The standard InChI is InChI=1S/C21H18F2N6O2/c1-13-2-6-16(7-3-13)25-18-8-9-28-20(26-18)27-29(21(28)31)12-19(30)24-11-14-4-5-15(22)10-17(14)23/h2-10H,11-12H2,1H3,(H,24,30)(H,25,26,27). The summed E-state index contributed by atoms with van der Waals surface area (Å²) < 4.78 is 28.8. The number of aromatic nitrogens is 4. The van der Waals surface area contributed by atoms with Crippen LogP contribution in [0.1, 0.15) is 11.1 Å². The summed E-state index contributed by atoms with van der Waals surface area (Å²) in [6.45, 7) is 1.47. The maximum atomic E-state index is 13.7. The van der Waals surface area contributed by atoms with E-state index in [1.54, 1.807) is 6.07 Å². The smallest absolute Gasteiger partial charge is 0.350 e. The molecule has 4 rings (SSSR count). The van der Waals surface area contributed by atoms with E-state index in [1.807, 2.05) is 31.2 Å². The normalized spacial score (nSPS) is 10.9. The summed E-state index contributed by atoms with van der Waals surface area (Å²) in [6, 6.07) is 12.4. The SMILES string of the molecule is Cc1ccc(Nc2ccn3c(=O)n(CC(=O)NCc4ccc(F)cc4F)nc3n2)cc1. The number of nitrogens with zero attached hydrogens (tertiary/aromatic N) is 4. The van der Waals surface area contributed by atoms with Gasteiger partial charge in [-0.15, -0.1) is 5.10 Å². The van der Waals surface area contributed by atoms with Crippen LogP contribution in [0.25, 0.3) is 5.78 Å². The number of hydrogen-bond donors (Lipinski definition) is 2. The van der Waals surface area contributed by atoms with Gasteiger partial charge in [0.1, 0.15) is 24.0 Å². The molecule has 31 heavy (non-hydrogen) atoms. The molecule has 1 amide bonds. The summed E-state index contributed by atoms with van der Waals surface area (Å²) in [7, 11) is 0. The van der Waals surface area contributed by atoms with Gasteiger partial charge in [0.05, 0.1) is 0 Å². The molecule has 2 aromatic carbocycles. The van der Waals surface area contributed by atoms with Gasteiger partial charge in [-0.1, -0.05) is 23.8 Å². The molecule has 0 radical (unpaired) electrons. The van der Waals surface area contributed by atoms with E-state index in [2.05, 4.69) is 20.7 Å². The van der Waals surface area contributed by atoms with Crippen LogP contribution in [-0.4, -0.2) is 25.1 Å². The number of anilines is 2. The minimum absolute atomic E-state index is 0.125. The van der Waals surface area contributed by atoms with Crippen LogP contribution >= 0.6 is 0 Å². The minimum Gasteiger partial charge on any atom is -0.350 e. The van der Waals surface area contributed by atoms with E-state index in [1.165, 1.54) is 16.7 Å². The van der Waals surface area contributed by atoms with Crippen molar-refractivity contribution in [3.05, 3.63) is 88.0 Å². The van der Waals surface area contributed by atoms with E-state index in [0.717, 1.165) is 28.1 Å². The molecule has 0 unspecified atom stereocenters. The van der Waals surface area contributed by atoms with E-state index < -0.39 is 23.2 Å². The van der Waals surface area contributed by atoms with E-state index >= 15 is 0 Å². The van der Waals surface area contributed by atoms with E-state index in [9.17, 15) is 18.4 Å². The molecule has 10 heteroatoms.